The second kappa shape index (κ2) is 13.3. The minimum atomic E-state index is -0.131. The molecule has 0 radical (unpaired) electrons. The topological polar surface area (TPSA) is 49.4 Å². The van der Waals surface area contributed by atoms with Gasteiger partial charge in [0.25, 0.3) is 0 Å². The van der Waals surface area contributed by atoms with Crippen molar-refractivity contribution < 1.29 is 9.59 Å². The van der Waals surface area contributed by atoms with E-state index in [1.807, 2.05) is 4.90 Å². The molecule has 1 atom stereocenters. The van der Waals surface area contributed by atoms with E-state index in [0.29, 0.717) is 13.0 Å². The van der Waals surface area contributed by atoms with Gasteiger partial charge < -0.3 is 10.2 Å². The molecule has 1 aliphatic heterocycles. The van der Waals surface area contributed by atoms with Gasteiger partial charge in [-0.25, -0.2) is 0 Å². The van der Waals surface area contributed by atoms with Crippen LogP contribution in [0.3, 0.4) is 0 Å². The fraction of sp³-hybridized carbons (Fsp3) is 0.900. The van der Waals surface area contributed by atoms with E-state index in [1.165, 1.54) is 44.9 Å². The first kappa shape index (κ1) is 21.0. The molecule has 1 N–H and O–H groups in total. The third-order valence-electron chi connectivity index (χ3n) is 4.95. The van der Waals surface area contributed by atoms with Gasteiger partial charge in [0.1, 0.15) is 0 Å². The second-order valence-electron chi connectivity index (χ2n) is 7.21. The van der Waals surface area contributed by atoms with E-state index < -0.39 is 0 Å². The van der Waals surface area contributed by atoms with Crippen molar-refractivity contribution in [2.24, 2.45) is 5.92 Å². The maximum atomic E-state index is 12.1. The lowest BCUT2D eigenvalue weighted by Crippen LogP contribution is -2.33. The Morgan fingerprint density at radius 3 is 2.21 bits per heavy atom. The van der Waals surface area contributed by atoms with E-state index in [-0.39, 0.29) is 17.7 Å². The summed E-state index contributed by atoms with van der Waals surface area (Å²) >= 11 is 0. The van der Waals surface area contributed by atoms with Crippen LogP contribution in [-0.2, 0) is 9.59 Å². The average molecular weight is 339 g/mol. The highest BCUT2D eigenvalue weighted by Gasteiger charge is 2.33. The number of unbranched alkanes of at least 4 members (excludes halogenated alkanes) is 9. The Morgan fingerprint density at radius 2 is 1.54 bits per heavy atom. The first-order chi connectivity index (χ1) is 11.7. The molecule has 1 aliphatic rings. The van der Waals surface area contributed by atoms with Gasteiger partial charge in [-0.3, -0.25) is 9.59 Å². The molecule has 4 nitrogen and oxygen atoms in total. The van der Waals surface area contributed by atoms with Gasteiger partial charge in [-0.15, -0.1) is 0 Å². The third-order valence-corrected chi connectivity index (χ3v) is 4.95. The highest BCUT2D eigenvalue weighted by atomic mass is 16.2. The number of nitrogens with one attached hydrogen (secondary N) is 1. The van der Waals surface area contributed by atoms with E-state index in [9.17, 15) is 9.59 Å². The van der Waals surface area contributed by atoms with Crippen LogP contribution in [0, 0.1) is 5.92 Å². The van der Waals surface area contributed by atoms with Crippen molar-refractivity contribution in [3.63, 3.8) is 0 Å². The predicted octanol–water partition coefficient (Wildman–Crippen LogP) is 4.28. The van der Waals surface area contributed by atoms with Crippen LogP contribution in [0.15, 0.2) is 0 Å². The zero-order chi connectivity index (χ0) is 17.6. The summed E-state index contributed by atoms with van der Waals surface area (Å²) < 4.78 is 0. The number of hydrogen-bond donors (Lipinski definition) is 1. The highest BCUT2D eigenvalue weighted by molar-refractivity contribution is 5.89. The predicted molar refractivity (Wildman–Crippen MR) is 99.8 cm³/mol. The van der Waals surface area contributed by atoms with Gasteiger partial charge in [-0.1, -0.05) is 71.6 Å². The Balaban J connectivity index is 2.08. The number of rotatable bonds is 14. The molecule has 1 heterocycles. The molecular formula is C20H38N2O2. The summed E-state index contributed by atoms with van der Waals surface area (Å²) in [5.74, 6) is 0.0951. The Bertz CT molecular complexity index is 358. The molecule has 0 aromatic rings. The fourth-order valence-corrected chi connectivity index (χ4v) is 3.33. The van der Waals surface area contributed by atoms with E-state index in [0.717, 1.165) is 38.8 Å². The largest absolute Gasteiger partial charge is 0.356 e. The van der Waals surface area contributed by atoms with Crippen LogP contribution in [0.5, 0.6) is 0 Å². The van der Waals surface area contributed by atoms with Crippen molar-refractivity contribution in [2.45, 2.75) is 90.9 Å². The lowest BCUT2D eigenvalue weighted by Gasteiger charge is -2.16. The zero-order valence-corrected chi connectivity index (χ0v) is 15.9. The summed E-state index contributed by atoms with van der Waals surface area (Å²) in [6.07, 6.45) is 13.9. The van der Waals surface area contributed by atoms with Gasteiger partial charge in [-0.2, -0.15) is 0 Å². The van der Waals surface area contributed by atoms with Crippen LogP contribution >= 0.6 is 0 Å². The smallest absolute Gasteiger partial charge is 0.225 e. The van der Waals surface area contributed by atoms with Gasteiger partial charge in [0.05, 0.1) is 5.92 Å². The molecule has 1 fully saturated rings. The Morgan fingerprint density at radius 1 is 0.958 bits per heavy atom. The van der Waals surface area contributed by atoms with Crippen molar-refractivity contribution in [2.75, 3.05) is 19.6 Å². The van der Waals surface area contributed by atoms with Crippen LogP contribution in [-0.4, -0.2) is 36.3 Å². The molecule has 0 aliphatic carbocycles. The SMILES string of the molecule is CCCCCCCCCCN1CC(C(=O)NCCCCC)CC1=O. The molecule has 1 unspecified atom stereocenters. The molecule has 140 valence electrons. The molecule has 0 bridgehead atoms. The van der Waals surface area contributed by atoms with Crippen LogP contribution in [0.4, 0.5) is 0 Å². The van der Waals surface area contributed by atoms with Crippen LogP contribution in [0.1, 0.15) is 90.9 Å². The molecule has 0 saturated carbocycles. The van der Waals surface area contributed by atoms with Crippen LogP contribution in [0.2, 0.25) is 0 Å². The Labute approximate surface area is 148 Å². The van der Waals surface area contributed by atoms with Crippen molar-refractivity contribution in [1.82, 2.24) is 10.2 Å². The third kappa shape index (κ3) is 8.70. The number of carbonyl (C=O) groups is 2. The zero-order valence-electron chi connectivity index (χ0n) is 15.9. The number of nitrogens with zero attached hydrogens (tertiary/aromatic N) is 1. The summed E-state index contributed by atoms with van der Waals surface area (Å²) in [5.41, 5.74) is 0. The first-order valence-corrected chi connectivity index (χ1v) is 10.2. The molecular weight excluding hydrogens is 300 g/mol. The minimum absolute atomic E-state index is 0.0675. The molecule has 2 amide bonds. The molecule has 4 heteroatoms. The standard InChI is InChI=1S/C20H38N2O2/c1-3-5-7-8-9-10-11-13-15-22-17-18(16-19(22)23)20(24)21-14-12-6-4-2/h18H,3-17H2,1-2H3,(H,21,24). The number of likely N-dealkylation sites (tertiary alicyclic amines) is 1. The molecule has 1 saturated heterocycles. The lowest BCUT2D eigenvalue weighted by atomic mass is 10.1. The monoisotopic (exact) mass is 338 g/mol. The maximum absolute atomic E-state index is 12.1. The van der Waals surface area contributed by atoms with E-state index >= 15 is 0 Å². The molecule has 24 heavy (non-hydrogen) atoms. The van der Waals surface area contributed by atoms with Gasteiger partial charge in [0.15, 0.2) is 0 Å². The number of carbonyl (C=O) groups excluding carboxylic acids is 2. The summed E-state index contributed by atoms with van der Waals surface area (Å²) in [6, 6.07) is 0. The molecule has 0 spiro atoms. The van der Waals surface area contributed by atoms with Crippen molar-refractivity contribution >= 4 is 11.8 Å². The average Bonchev–Trinajstić information content (AvgIpc) is 2.95. The van der Waals surface area contributed by atoms with E-state index in [1.54, 1.807) is 0 Å². The van der Waals surface area contributed by atoms with E-state index in [2.05, 4.69) is 19.2 Å². The number of hydrogen-bond acceptors (Lipinski definition) is 2. The minimum Gasteiger partial charge on any atom is -0.356 e. The maximum Gasteiger partial charge on any atom is 0.225 e. The second-order valence-corrected chi connectivity index (χ2v) is 7.21. The van der Waals surface area contributed by atoms with Gasteiger partial charge in [0.2, 0.25) is 11.8 Å². The summed E-state index contributed by atoms with van der Waals surface area (Å²) in [4.78, 5) is 26.1. The quantitative estimate of drug-likeness (QED) is 0.481. The number of amides is 2. The lowest BCUT2D eigenvalue weighted by molar-refractivity contribution is -0.129. The molecule has 1 rings (SSSR count). The van der Waals surface area contributed by atoms with Crippen LogP contribution < -0.4 is 5.32 Å². The van der Waals surface area contributed by atoms with Crippen LogP contribution in [0.25, 0.3) is 0 Å². The Hall–Kier alpha value is -1.06. The van der Waals surface area contributed by atoms with Gasteiger partial charge >= 0.3 is 0 Å². The first-order valence-electron chi connectivity index (χ1n) is 10.2. The summed E-state index contributed by atoms with van der Waals surface area (Å²) in [7, 11) is 0. The summed E-state index contributed by atoms with van der Waals surface area (Å²) in [5, 5.41) is 2.98. The Kier molecular flexibility index (Phi) is 11.6. The fourth-order valence-electron chi connectivity index (χ4n) is 3.33. The van der Waals surface area contributed by atoms with Crippen molar-refractivity contribution in [3.05, 3.63) is 0 Å². The normalized spacial score (nSPS) is 17.5. The van der Waals surface area contributed by atoms with E-state index in [4.69, 9.17) is 0 Å². The molecule has 0 aromatic carbocycles. The molecule has 0 aromatic heterocycles. The highest BCUT2D eigenvalue weighted by Crippen LogP contribution is 2.19. The van der Waals surface area contributed by atoms with Gasteiger partial charge in [-0.05, 0) is 12.8 Å². The van der Waals surface area contributed by atoms with Crippen molar-refractivity contribution in [3.8, 4) is 0 Å². The summed E-state index contributed by atoms with van der Waals surface area (Å²) in [6.45, 7) is 6.59. The van der Waals surface area contributed by atoms with Crippen molar-refractivity contribution in [1.29, 1.82) is 0 Å². The van der Waals surface area contributed by atoms with Gasteiger partial charge in [0, 0.05) is 26.1 Å².